The number of piperidine rings is 1. The van der Waals surface area contributed by atoms with Gasteiger partial charge in [0, 0.05) is 25.2 Å². The van der Waals surface area contributed by atoms with Gasteiger partial charge in [-0.3, -0.25) is 9.59 Å². The van der Waals surface area contributed by atoms with Gasteiger partial charge >= 0.3 is 0 Å². The van der Waals surface area contributed by atoms with E-state index in [1.807, 2.05) is 24.8 Å². The molecule has 0 unspecified atom stereocenters. The Bertz CT molecular complexity index is 428. The second kappa shape index (κ2) is 8.32. The van der Waals surface area contributed by atoms with Crippen molar-refractivity contribution in [1.29, 1.82) is 0 Å². The van der Waals surface area contributed by atoms with E-state index >= 15 is 0 Å². The molecular formula is C17H29N3O2. The first-order valence-electron chi connectivity index (χ1n) is 8.59. The van der Waals surface area contributed by atoms with E-state index in [1.165, 1.54) is 0 Å². The highest BCUT2D eigenvalue weighted by Crippen LogP contribution is 2.18. The summed E-state index contributed by atoms with van der Waals surface area (Å²) in [5, 5.41) is 6.27. The van der Waals surface area contributed by atoms with Crippen LogP contribution in [0.5, 0.6) is 0 Å². The molecule has 2 fully saturated rings. The normalized spacial score (nSPS) is 26.1. The fourth-order valence-corrected chi connectivity index (χ4v) is 3.34. The molecule has 5 nitrogen and oxygen atoms in total. The van der Waals surface area contributed by atoms with Gasteiger partial charge in [-0.1, -0.05) is 13.0 Å². The molecule has 124 valence electrons. The van der Waals surface area contributed by atoms with Crippen molar-refractivity contribution in [1.82, 2.24) is 15.5 Å². The molecule has 0 spiro atoms. The lowest BCUT2D eigenvalue weighted by atomic mass is 9.97. The summed E-state index contributed by atoms with van der Waals surface area (Å²) in [6.07, 6.45) is 6.99. The number of allylic oxidation sites excluding steroid dienone is 1. The number of carbonyl (C=O) groups excluding carboxylic acids is 2. The molecule has 0 radical (unpaired) electrons. The Kier molecular flexibility index (Phi) is 6.43. The molecule has 2 aliphatic rings. The van der Waals surface area contributed by atoms with Crippen LogP contribution in [0.4, 0.5) is 0 Å². The number of hydrogen-bond donors (Lipinski definition) is 2. The van der Waals surface area contributed by atoms with Crippen LogP contribution in [0.25, 0.3) is 0 Å². The smallest absolute Gasteiger partial charge is 0.249 e. The van der Waals surface area contributed by atoms with Crippen molar-refractivity contribution in [3.8, 4) is 0 Å². The Labute approximate surface area is 133 Å². The third kappa shape index (κ3) is 4.57. The summed E-state index contributed by atoms with van der Waals surface area (Å²) in [6, 6.07) is -0.0175. The van der Waals surface area contributed by atoms with Crippen LogP contribution >= 0.6 is 0 Å². The van der Waals surface area contributed by atoms with Crippen molar-refractivity contribution < 1.29 is 9.59 Å². The number of nitrogens with zero attached hydrogens (tertiary/aromatic N) is 1. The van der Waals surface area contributed by atoms with Gasteiger partial charge in [-0.05, 0) is 51.5 Å². The number of carbonyl (C=O) groups is 2. The molecule has 2 N–H and O–H groups in total. The minimum atomic E-state index is -0.0175. The maximum atomic E-state index is 12.3. The van der Waals surface area contributed by atoms with Crippen molar-refractivity contribution >= 4 is 11.8 Å². The zero-order valence-electron chi connectivity index (χ0n) is 13.9. The lowest BCUT2D eigenvalue weighted by molar-refractivity contribution is -0.128. The fourth-order valence-electron chi connectivity index (χ4n) is 3.34. The molecule has 0 aromatic heterocycles. The van der Waals surface area contributed by atoms with Gasteiger partial charge in [-0.2, -0.15) is 0 Å². The van der Waals surface area contributed by atoms with Gasteiger partial charge in [0.1, 0.15) is 0 Å². The van der Waals surface area contributed by atoms with Crippen LogP contribution in [0.15, 0.2) is 11.6 Å². The lowest BCUT2D eigenvalue weighted by Crippen LogP contribution is -2.46. The Morgan fingerprint density at radius 3 is 2.82 bits per heavy atom. The summed E-state index contributed by atoms with van der Waals surface area (Å²) >= 11 is 0. The van der Waals surface area contributed by atoms with Crippen LogP contribution in [0.3, 0.4) is 0 Å². The molecule has 2 atom stereocenters. The highest BCUT2D eigenvalue weighted by atomic mass is 16.2. The molecule has 0 bridgehead atoms. The summed E-state index contributed by atoms with van der Waals surface area (Å²) in [7, 11) is 0. The molecule has 0 aromatic carbocycles. The summed E-state index contributed by atoms with van der Waals surface area (Å²) in [6.45, 7) is 7.14. The van der Waals surface area contributed by atoms with E-state index in [0.29, 0.717) is 12.5 Å². The third-order valence-electron chi connectivity index (χ3n) is 4.60. The van der Waals surface area contributed by atoms with E-state index in [2.05, 4.69) is 10.6 Å². The number of likely N-dealkylation sites (tertiary alicyclic amines) is 1. The van der Waals surface area contributed by atoms with Crippen molar-refractivity contribution in [2.45, 2.75) is 52.0 Å². The van der Waals surface area contributed by atoms with Crippen LogP contribution in [0.1, 0.15) is 46.0 Å². The molecule has 2 saturated heterocycles. The molecule has 5 heteroatoms. The Balaban J connectivity index is 1.79. The van der Waals surface area contributed by atoms with E-state index in [1.54, 1.807) is 0 Å². The maximum absolute atomic E-state index is 12.3. The summed E-state index contributed by atoms with van der Waals surface area (Å²) in [5.41, 5.74) is 0.836. The van der Waals surface area contributed by atoms with Crippen LogP contribution in [-0.4, -0.2) is 48.9 Å². The first kappa shape index (κ1) is 17.0. The minimum Gasteiger partial charge on any atom is -0.354 e. The predicted molar refractivity (Wildman–Crippen MR) is 87.4 cm³/mol. The molecule has 2 amide bonds. The lowest BCUT2D eigenvalue weighted by Gasteiger charge is -2.33. The first-order chi connectivity index (χ1) is 10.6. The van der Waals surface area contributed by atoms with E-state index in [9.17, 15) is 9.59 Å². The molecule has 2 heterocycles. The van der Waals surface area contributed by atoms with Crippen molar-refractivity contribution in [2.24, 2.45) is 5.92 Å². The van der Waals surface area contributed by atoms with E-state index in [0.717, 1.165) is 57.3 Å². The highest BCUT2D eigenvalue weighted by molar-refractivity contribution is 5.92. The quantitative estimate of drug-likeness (QED) is 0.756. The van der Waals surface area contributed by atoms with Gasteiger partial charge in [-0.15, -0.1) is 0 Å². The van der Waals surface area contributed by atoms with Crippen molar-refractivity contribution in [3.63, 3.8) is 0 Å². The molecule has 0 saturated carbocycles. The summed E-state index contributed by atoms with van der Waals surface area (Å²) in [4.78, 5) is 26.3. The topological polar surface area (TPSA) is 61.4 Å². The van der Waals surface area contributed by atoms with Gasteiger partial charge in [0.25, 0.3) is 0 Å². The Hall–Kier alpha value is -1.36. The first-order valence-corrected chi connectivity index (χ1v) is 8.59. The second-order valence-electron chi connectivity index (χ2n) is 6.45. The van der Waals surface area contributed by atoms with E-state index in [-0.39, 0.29) is 17.9 Å². The van der Waals surface area contributed by atoms with E-state index < -0.39 is 0 Å². The molecule has 0 aromatic rings. The zero-order valence-corrected chi connectivity index (χ0v) is 13.9. The van der Waals surface area contributed by atoms with Crippen LogP contribution in [0.2, 0.25) is 0 Å². The largest absolute Gasteiger partial charge is 0.354 e. The highest BCUT2D eigenvalue weighted by Gasteiger charge is 2.26. The van der Waals surface area contributed by atoms with Crippen LogP contribution in [0, 0.1) is 5.92 Å². The van der Waals surface area contributed by atoms with Gasteiger partial charge in [-0.25, -0.2) is 0 Å². The molecule has 2 rings (SSSR count). The average molecular weight is 307 g/mol. The number of nitrogens with one attached hydrogen (secondary N) is 2. The maximum Gasteiger partial charge on any atom is 0.249 e. The van der Waals surface area contributed by atoms with E-state index in [4.69, 9.17) is 0 Å². The standard InChI is InChI=1S/C17H29N3O2/c1-3-6-13(2)17(22)20-10-5-7-14(12-20)11-19-16(21)15-8-4-9-18-15/h6,14-15,18H,3-5,7-12H2,1-2H3,(H,19,21)/b13-6+/t14-,15-/m1/s1. The molecule has 22 heavy (non-hydrogen) atoms. The summed E-state index contributed by atoms with van der Waals surface area (Å²) in [5.74, 6) is 0.635. The second-order valence-corrected chi connectivity index (χ2v) is 6.45. The number of hydrogen-bond acceptors (Lipinski definition) is 3. The van der Waals surface area contributed by atoms with Gasteiger partial charge in [0.2, 0.25) is 11.8 Å². The minimum absolute atomic E-state index is 0.0175. The molecular weight excluding hydrogens is 278 g/mol. The van der Waals surface area contributed by atoms with Crippen LogP contribution < -0.4 is 10.6 Å². The fraction of sp³-hybridized carbons (Fsp3) is 0.765. The monoisotopic (exact) mass is 307 g/mol. The predicted octanol–water partition coefficient (Wildman–Crippen LogP) is 1.45. The SMILES string of the molecule is CC/C=C(\C)C(=O)N1CCC[C@H](CNC(=O)[C@H]2CCCN2)C1. The molecule has 2 aliphatic heterocycles. The number of amides is 2. The number of rotatable bonds is 5. The zero-order chi connectivity index (χ0) is 15.9. The molecule has 0 aliphatic carbocycles. The Morgan fingerprint density at radius 1 is 1.32 bits per heavy atom. The van der Waals surface area contributed by atoms with Crippen LogP contribution in [-0.2, 0) is 9.59 Å². The van der Waals surface area contributed by atoms with Crippen molar-refractivity contribution in [3.05, 3.63) is 11.6 Å². The average Bonchev–Trinajstić information content (AvgIpc) is 3.07. The van der Waals surface area contributed by atoms with Crippen molar-refractivity contribution in [2.75, 3.05) is 26.2 Å². The summed E-state index contributed by atoms with van der Waals surface area (Å²) < 4.78 is 0. The Morgan fingerprint density at radius 2 is 2.14 bits per heavy atom. The van der Waals surface area contributed by atoms with Gasteiger partial charge < -0.3 is 15.5 Å². The third-order valence-corrected chi connectivity index (χ3v) is 4.60. The van der Waals surface area contributed by atoms with Gasteiger partial charge in [0.15, 0.2) is 0 Å². The van der Waals surface area contributed by atoms with Gasteiger partial charge in [0.05, 0.1) is 6.04 Å².